The molecular weight excluding hydrogens is 253 g/mol. The molecule has 1 atom stereocenters. The van der Waals surface area contributed by atoms with Gasteiger partial charge in [-0.2, -0.15) is 10.5 Å². The van der Waals surface area contributed by atoms with E-state index in [0.717, 1.165) is 5.56 Å². The first-order valence-electron chi connectivity index (χ1n) is 6.06. The molecule has 1 N–H and O–H groups in total. The monoisotopic (exact) mass is 265 g/mol. The third kappa shape index (κ3) is 3.13. The maximum atomic E-state index is 13.3. The molecule has 0 heterocycles. The maximum absolute atomic E-state index is 13.3. The molecule has 0 radical (unpaired) electrons. The Morgan fingerprint density at radius 1 is 1.15 bits per heavy atom. The second-order valence-corrected chi connectivity index (χ2v) is 4.46. The summed E-state index contributed by atoms with van der Waals surface area (Å²) in [6, 6.07) is 14.8. The number of anilines is 1. The lowest BCUT2D eigenvalue weighted by Crippen LogP contribution is -2.09. The van der Waals surface area contributed by atoms with Crippen LogP contribution in [0.3, 0.4) is 0 Å². The van der Waals surface area contributed by atoms with Crippen LogP contribution in [0.4, 0.5) is 10.1 Å². The number of benzene rings is 2. The van der Waals surface area contributed by atoms with E-state index in [1.807, 2.05) is 6.07 Å². The van der Waals surface area contributed by atoms with Crippen molar-refractivity contribution < 1.29 is 4.39 Å². The zero-order valence-corrected chi connectivity index (χ0v) is 10.9. The van der Waals surface area contributed by atoms with E-state index in [-0.39, 0.29) is 5.82 Å². The average Bonchev–Trinajstić information content (AvgIpc) is 2.44. The van der Waals surface area contributed by atoms with Crippen LogP contribution in [0.1, 0.15) is 22.7 Å². The summed E-state index contributed by atoms with van der Waals surface area (Å²) in [5.74, 6) is -0.352. The van der Waals surface area contributed by atoms with Crippen molar-refractivity contribution in [3.63, 3.8) is 0 Å². The number of hydrogen-bond donors (Lipinski definition) is 1. The zero-order chi connectivity index (χ0) is 14.5. The van der Waals surface area contributed by atoms with Gasteiger partial charge in [0.25, 0.3) is 0 Å². The van der Waals surface area contributed by atoms with Crippen molar-refractivity contribution >= 4 is 5.69 Å². The molecule has 20 heavy (non-hydrogen) atoms. The van der Waals surface area contributed by atoms with Gasteiger partial charge in [-0.05, 0) is 48.4 Å². The zero-order valence-electron chi connectivity index (χ0n) is 10.9. The highest BCUT2D eigenvalue weighted by Gasteiger charge is 2.11. The van der Waals surface area contributed by atoms with Crippen molar-refractivity contribution in [1.29, 1.82) is 10.5 Å². The molecule has 0 spiro atoms. The third-order valence-corrected chi connectivity index (χ3v) is 2.83. The van der Waals surface area contributed by atoms with E-state index in [9.17, 15) is 9.65 Å². The van der Waals surface area contributed by atoms with Gasteiger partial charge >= 0.3 is 0 Å². The largest absolute Gasteiger partial charge is 0.366 e. The molecule has 0 saturated carbocycles. The van der Waals surface area contributed by atoms with Crippen LogP contribution < -0.4 is 5.32 Å². The molecule has 2 aromatic rings. The lowest BCUT2D eigenvalue weighted by Gasteiger charge is -2.14. The highest BCUT2D eigenvalue weighted by Crippen LogP contribution is 2.21. The number of hydrogen-bond acceptors (Lipinski definition) is 3. The Balaban J connectivity index is 2.29. The quantitative estimate of drug-likeness (QED) is 0.920. The molecule has 0 aliphatic heterocycles. The van der Waals surface area contributed by atoms with Crippen LogP contribution in [0.5, 0.6) is 0 Å². The molecular formula is C16H12FN3. The number of nitrogens with zero attached hydrogens (tertiary/aromatic N) is 2. The molecule has 0 aliphatic carbocycles. The van der Waals surface area contributed by atoms with Crippen LogP contribution in [0.2, 0.25) is 0 Å². The van der Waals surface area contributed by atoms with Gasteiger partial charge in [0.2, 0.25) is 0 Å². The molecule has 0 saturated heterocycles. The molecule has 0 aromatic heterocycles. The van der Waals surface area contributed by atoms with Crippen LogP contribution in [0.15, 0.2) is 42.5 Å². The summed E-state index contributed by atoms with van der Waals surface area (Å²) in [6.07, 6.45) is 0. The van der Waals surface area contributed by atoms with Crippen LogP contribution in [-0.4, -0.2) is 0 Å². The normalized spacial score (nSPS) is 11.2. The fraction of sp³-hybridized carbons (Fsp3) is 0.125. The Bertz CT molecular complexity index is 690. The van der Waals surface area contributed by atoms with Crippen molar-refractivity contribution in [3.05, 3.63) is 65.0 Å². The van der Waals surface area contributed by atoms with Gasteiger partial charge in [-0.25, -0.2) is 4.39 Å². The number of nitriles is 2. The predicted molar refractivity (Wildman–Crippen MR) is 74.3 cm³/mol. The van der Waals surface area contributed by atoms with E-state index in [2.05, 4.69) is 11.4 Å². The Morgan fingerprint density at radius 2 is 1.95 bits per heavy atom. The number of aryl methyl sites for hydroxylation is 1. The molecule has 4 heteroatoms. The van der Waals surface area contributed by atoms with Gasteiger partial charge in [0.1, 0.15) is 11.9 Å². The SMILES string of the molecule is Cc1cc(F)cc(NC(C#N)c2cccc(C#N)c2)c1. The van der Waals surface area contributed by atoms with Crippen LogP contribution in [-0.2, 0) is 0 Å². The summed E-state index contributed by atoms with van der Waals surface area (Å²) in [7, 11) is 0. The molecule has 0 amide bonds. The number of nitrogens with one attached hydrogen (secondary N) is 1. The maximum Gasteiger partial charge on any atom is 0.140 e. The first kappa shape index (κ1) is 13.6. The Hall–Kier alpha value is -2.85. The Labute approximate surface area is 116 Å². The van der Waals surface area contributed by atoms with Crippen LogP contribution >= 0.6 is 0 Å². The van der Waals surface area contributed by atoms with Crippen molar-refractivity contribution in [2.75, 3.05) is 5.32 Å². The van der Waals surface area contributed by atoms with Gasteiger partial charge in [0, 0.05) is 5.69 Å². The van der Waals surface area contributed by atoms with Crippen molar-refractivity contribution in [2.45, 2.75) is 13.0 Å². The summed E-state index contributed by atoms with van der Waals surface area (Å²) < 4.78 is 13.3. The lowest BCUT2D eigenvalue weighted by atomic mass is 10.0. The molecule has 0 fully saturated rings. The molecule has 1 unspecified atom stereocenters. The van der Waals surface area contributed by atoms with Gasteiger partial charge in [0.15, 0.2) is 0 Å². The summed E-state index contributed by atoms with van der Waals surface area (Å²) in [6.45, 7) is 1.78. The average molecular weight is 265 g/mol. The van der Waals surface area contributed by atoms with E-state index in [0.29, 0.717) is 16.8 Å². The minimum Gasteiger partial charge on any atom is -0.366 e. The van der Waals surface area contributed by atoms with Gasteiger partial charge in [-0.1, -0.05) is 12.1 Å². The smallest absolute Gasteiger partial charge is 0.140 e. The Morgan fingerprint density at radius 3 is 2.60 bits per heavy atom. The third-order valence-electron chi connectivity index (χ3n) is 2.83. The van der Waals surface area contributed by atoms with Gasteiger partial charge < -0.3 is 5.32 Å². The van der Waals surface area contributed by atoms with E-state index in [1.54, 1.807) is 37.3 Å². The summed E-state index contributed by atoms with van der Waals surface area (Å²) >= 11 is 0. The van der Waals surface area contributed by atoms with E-state index in [4.69, 9.17) is 5.26 Å². The molecule has 2 aromatic carbocycles. The van der Waals surface area contributed by atoms with Gasteiger partial charge in [-0.3, -0.25) is 0 Å². The summed E-state index contributed by atoms with van der Waals surface area (Å²) in [5, 5.41) is 21.1. The second kappa shape index (κ2) is 5.86. The number of rotatable bonds is 3. The van der Waals surface area contributed by atoms with Gasteiger partial charge in [-0.15, -0.1) is 0 Å². The minimum atomic E-state index is -0.635. The van der Waals surface area contributed by atoms with Crippen molar-refractivity contribution in [3.8, 4) is 12.1 Å². The van der Waals surface area contributed by atoms with Gasteiger partial charge in [0.05, 0.1) is 17.7 Å². The standard InChI is InChI=1S/C16H12FN3/c1-11-5-14(17)8-15(6-11)20-16(10-19)13-4-2-3-12(7-13)9-18/h2-8,16,20H,1H3. The van der Waals surface area contributed by atoms with Crippen molar-refractivity contribution in [2.24, 2.45) is 0 Å². The van der Waals surface area contributed by atoms with Crippen LogP contribution in [0.25, 0.3) is 0 Å². The second-order valence-electron chi connectivity index (χ2n) is 4.46. The number of halogens is 1. The minimum absolute atomic E-state index is 0.352. The molecule has 2 rings (SSSR count). The van der Waals surface area contributed by atoms with Crippen LogP contribution in [0, 0.1) is 35.4 Å². The fourth-order valence-electron chi connectivity index (χ4n) is 1.96. The fourth-order valence-corrected chi connectivity index (χ4v) is 1.96. The highest BCUT2D eigenvalue weighted by molar-refractivity contribution is 5.50. The predicted octanol–water partition coefficient (Wildman–Crippen LogP) is 3.68. The summed E-state index contributed by atoms with van der Waals surface area (Å²) in [5.41, 5.74) is 2.47. The molecule has 98 valence electrons. The Kier molecular flexibility index (Phi) is 3.98. The first-order valence-corrected chi connectivity index (χ1v) is 6.06. The van der Waals surface area contributed by atoms with E-state index in [1.165, 1.54) is 12.1 Å². The topological polar surface area (TPSA) is 59.6 Å². The van der Waals surface area contributed by atoms with E-state index < -0.39 is 6.04 Å². The summed E-state index contributed by atoms with van der Waals surface area (Å²) in [4.78, 5) is 0. The molecule has 0 aliphatic rings. The highest BCUT2D eigenvalue weighted by atomic mass is 19.1. The van der Waals surface area contributed by atoms with E-state index >= 15 is 0 Å². The molecule has 3 nitrogen and oxygen atoms in total. The molecule has 0 bridgehead atoms. The lowest BCUT2D eigenvalue weighted by molar-refractivity contribution is 0.627. The van der Waals surface area contributed by atoms with Crippen molar-refractivity contribution in [1.82, 2.24) is 0 Å². The first-order chi connectivity index (χ1) is 9.62.